The van der Waals surface area contributed by atoms with Crippen LogP contribution in [0.25, 0.3) is 0 Å². The molecule has 24 heavy (non-hydrogen) atoms. The topological polar surface area (TPSA) is 49.4 Å². The van der Waals surface area contributed by atoms with Crippen LogP contribution in [0.5, 0.6) is 0 Å². The van der Waals surface area contributed by atoms with E-state index in [0.717, 1.165) is 15.7 Å². The van der Waals surface area contributed by atoms with E-state index >= 15 is 0 Å². The molecule has 2 amide bonds. The average Bonchev–Trinajstić information content (AvgIpc) is 2.98. The fraction of sp³-hybridized carbons (Fsp3) is 0.222. The minimum atomic E-state index is -0.375. The highest BCUT2D eigenvalue weighted by molar-refractivity contribution is 9.10. The van der Waals surface area contributed by atoms with E-state index in [0.29, 0.717) is 17.3 Å². The molecule has 6 heteroatoms. The number of rotatable bonds is 3. The second kappa shape index (κ2) is 6.95. The molecule has 0 aromatic heterocycles. The van der Waals surface area contributed by atoms with Crippen molar-refractivity contribution in [2.75, 3.05) is 16.8 Å². The molecule has 3 rings (SSSR count). The number of carbonyl (C=O) groups excluding carboxylic acids is 2. The van der Waals surface area contributed by atoms with Crippen molar-refractivity contribution in [1.29, 1.82) is 0 Å². The molecule has 0 unspecified atom stereocenters. The molecule has 1 heterocycles. The summed E-state index contributed by atoms with van der Waals surface area (Å²) in [5, 5.41) is 3.46. The lowest BCUT2D eigenvalue weighted by Crippen LogP contribution is -2.28. The van der Waals surface area contributed by atoms with Gasteiger partial charge in [0.05, 0.1) is 10.9 Å². The first kappa shape index (κ1) is 17.0. The number of hydrogen-bond acceptors (Lipinski definition) is 2. The van der Waals surface area contributed by atoms with Crippen LogP contribution in [0.2, 0.25) is 5.02 Å². The first-order valence-corrected chi connectivity index (χ1v) is 8.75. The minimum Gasteiger partial charge on any atom is -0.325 e. The van der Waals surface area contributed by atoms with Crippen molar-refractivity contribution in [3.8, 4) is 0 Å². The molecule has 1 N–H and O–H groups in total. The van der Waals surface area contributed by atoms with E-state index in [9.17, 15) is 9.59 Å². The van der Waals surface area contributed by atoms with Gasteiger partial charge in [-0.15, -0.1) is 0 Å². The number of hydrogen-bond donors (Lipinski definition) is 1. The van der Waals surface area contributed by atoms with Gasteiger partial charge < -0.3 is 10.2 Å². The summed E-state index contributed by atoms with van der Waals surface area (Å²) >= 11 is 9.55. The lowest BCUT2D eigenvalue weighted by Gasteiger charge is -2.17. The van der Waals surface area contributed by atoms with E-state index in [2.05, 4.69) is 21.2 Å². The van der Waals surface area contributed by atoms with Gasteiger partial charge in [0.1, 0.15) is 0 Å². The van der Waals surface area contributed by atoms with Gasteiger partial charge in [0, 0.05) is 28.8 Å². The molecule has 1 atom stereocenters. The highest BCUT2D eigenvalue weighted by Gasteiger charge is 2.35. The van der Waals surface area contributed by atoms with E-state index in [-0.39, 0.29) is 24.2 Å². The largest absolute Gasteiger partial charge is 0.325 e. The Labute approximate surface area is 153 Å². The molecule has 124 valence electrons. The molecule has 1 aliphatic rings. The number of anilines is 2. The molecule has 1 aliphatic heterocycles. The van der Waals surface area contributed by atoms with Crippen LogP contribution in [0, 0.1) is 12.8 Å². The first-order valence-electron chi connectivity index (χ1n) is 7.58. The van der Waals surface area contributed by atoms with E-state index < -0.39 is 0 Å². The van der Waals surface area contributed by atoms with E-state index in [1.165, 1.54) is 0 Å². The summed E-state index contributed by atoms with van der Waals surface area (Å²) in [5.41, 5.74) is 2.28. The van der Waals surface area contributed by atoms with E-state index in [4.69, 9.17) is 11.6 Å². The van der Waals surface area contributed by atoms with Gasteiger partial charge in [0.25, 0.3) is 0 Å². The Bertz CT molecular complexity index is 795. The number of amides is 2. The average molecular weight is 408 g/mol. The van der Waals surface area contributed by atoms with Crippen molar-refractivity contribution in [3.05, 3.63) is 57.5 Å². The Kier molecular flexibility index (Phi) is 4.92. The van der Waals surface area contributed by atoms with Crippen LogP contribution in [-0.2, 0) is 9.59 Å². The maximum absolute atomic E-state index is 12.5. The lowest BCUT2D eigenvalue weighted by molar-refractivity contribution is -0.122. The van der Waals surface area contributed by atoms with Crippen molar-refractivity contribution in [2.24, 2.45) is 5.92 Å². The third-order valence-electron chi connectivity index (χ3n) is 4.16. The summed E-state index contributed by atoms with van der Waals surface area (Å²) in [4.78, 5) is 26.4. The molecular formula is C18H16BrClN2O2. The zero-order chi connectivity index (χ0) is 17.3. The van der Waals surface area contributed by atoms with Crippen LogP contribution in [0.4, 0.5) is 11.4 Å². The molecular weight excluding hydrogens is 392 g/mol. The van der Waals surface area contributed by atoms with Crippen molar-refractivity contribution < 1.29 is 9.59 Å². The highest BCUT2D eigenvalue weighted by atomic mass is 79.9. The minimum absolute atomic E-state index is 0.0353. The number of benzene rings is 2. The Morgan fingerprint density at radius 2 is 1.96 bits per heavy atom. The number of para-hydroxylation sites is 1. The van der Waals surface area contributed by atoms with Crippen LogP contribution in [-0.4, -0.2) is 18.4 Å². The van der Waals surface area contributed by atoms with Gasteiger partial charge >= 0.3 is 0 Å². The number of nitrogens with one attached hydrogen (secondary N) is 1. The second-order valence-corrected chi connectivity index (χ2v) is 7.00. The maximum Gasteiger partial charge on any atom is 0.229 e. The molecule has 0 radical (unpaired) electrons. The Hall–Kier alpha value is -1.85. The molecule has 0 saturated carbocycles. The fourth-order valence-corrected chi connectivity index (χ4v) is 3.36. The van der Waals surface area contributed by atoms with Crippen LogP contribution >= 0.6 is 27.5 Å². The van der Waals surface area contributed by atoms with Gasteiger partial charge in [0.15, 0.2) is 0 Å². The second-order valence-electron chi connectivity index (χ2n) is 5.76. The quantitative estimate of drug-likeness (QED) is 0.819. The first-order chi connectivity index (χ1) is 11.5. The Balaban J connectivity index is 1.73. The van der Waals surface area contributed by atoms with Crippen LogP contribution in [0.1, 0.15) is 12.0 Å². The summed E-state index contributed by atoms with van der Waals surface area (Å²) in [7, 11) is 0. The summed E-state index contributed by atoms with van der Waals surface area (Å²) < 4.78 is 0.783. The molecule has 2 aromatic carbocycles. The molecule has 4 nitrogen and oxygen atoms in total. The summed E-state index contributed by atoms with van der Waals surface area (Å²) in [6.45, 7) is 2.23. The van der Waals surface area contributed by atoms with Crippen molar-refractivity contribution in [2.45, 2.75) is 13.3 Å². The monoisotopic (exact) mass is 406 g/mol. The molecule has 0 aliphatic carbocycles. The summed E-state index contributed by atoms with van der Waals surface area (Å²) in [6, 6.07) is 13.0. The smallest absolute Gasteiger partial charge is 0.229 e. The van der Waals surface area contributed by atoms with Gasteiger partial charge in [-0.1, -0.05) is 29.8 Å². The van der Waals surface area contributed by atoms with Gasteiger partial charge in [-0.25, -0.2) is 0 Å². The third-order valence-corrected chi connectivity index (χ3v) is 5.54. The maximum atomic E-state index is 12.5. The van der Waals surface area contributed by atoms with Gasteiger partial charge in [-0.3, -0.25) is 9.59 Å². The number of halogens is 2. The zero-order valence-corrected chi connectivity index (χ0v) is 15.4. The summed E-state index contributed by atoms with van der Waals surface area (Å²) in [6.07, 6.45) is 0.212. The molecule has 0 bridgehead atoms. The van der Waals surface area contributed by atoms with Crippen molar-refractivity contribution in [1.82, 2.24) is 0 Å². The predicted octanol–water partition coefficient (Wildman–Crippen LogP) is 4.40. The number of carbonyl (C=O) groups is 2. The molecule has 2 aromatic rings. The summed E-state index contributed by atoms with van der Waals surface area (Å²) in [5.74, 6) is -0.574. The lowest BCUT2D eigenvalue weighted by atomic mass is 10.1. The van der Waals surface area contributed by atoms with Gasteiger partial charge in [-0.05, 0) is 52.7 Å². The molecule has 0 spiro atoms. The third kappa shape index (κ3) is 3.32. The number of nitrogens with zero attached hydrogens (tertiary/aromatic N) is 1. The Morgan fingerprint density at radius 3 is 2.67 bits per heavy atom. The van der Waals surface area contributed by atoms with E-state index in [1.54, 1.807) is 17.0 Å². The van der Waals surface area contributed by atoms with Crippen LogP contribution < -0.4 is 10.2 Å². The van der Waals surface area contributed by atoms with Gasteiger partial charge in [0.2, 0.25) is 11.8 Å². The normalized spacial score (nSPS) is 17.2. The van der Waals surface area contributed by atoms with Gasteiger partial charge in [-0.2, -0.15) is 0 Å². The highest BCUT2D eigenvalue weighted by Crippen LogP contribution is 2.32. The van der Waals surface area contributed by atoms with Crippen LogP contribution in [0.3, 0.4) is 0 Å². The van der Waals surface area contributed by atoms with Crippen molar-refractivity contribution in [3.63, 3.8) is 0 Å². The van der Waals surface area contributed by atoms with E-state index in [1.807, 2.05) is 37.3 Å². The SMILES string of the molecule is Cc1c(NC(=O)[C@H]2CC(=O)N(c3ccccc3)C2)ccc(Br)c1Cl. The van der Waals surface area contributed by atoms with Crippen LogP contribution in [0.15, 0.2) is 46.9 Å². The fourth-order valence-electron chi connectivity index (χ4n) is 2.76. The van der Waals surface area contributed by atoms with Crippen molar-refractivity contribution >= 4 is 50.7 Å². The standard InChI is InChI=1S/C18H16BrClN2O2/c1-11-15(8-7-14(19)17(11)20)21-18(24)12-9-16(23)22(10-12)13-5-3-2-4-6-13/h2-8,12H,9-10H2,1H3,(H,21,24)/t12-/m0/s1. The zero-order valence-electron chi connectivity index (χ0n) is 13.1. The molecule has 1 fully saturated rings. The Morgan fingerprint density at radius 1 is 1.25 bits per heavy atom. The molecule has 1 saturated heterocycles. The predicted molar refractivity (Wildman–Crippen MR) is 99.4 cm³/mol.